The number of rotatable bonds is 9. The van der Waals surface area contributed by atoms with Gasteiger partial charge in [0.1, 0.15) is 24.1 Å². The highest BCUT2D eigenvalue weighted by atomic mass is 19.3. The van der Waals surface area contributed by atoms with Crippen molar-refractivity contribution in [3.05, 3.63) is 70.2 Å². The predicted octanol–water partition coefficient (Wildman–Crippen LogP) is 4.87. The number of aromatic nitrogens is 1. The van der Waals surface area contributed by atoms with Crippen LogP contribution < -0.4 is 0 Å². The summed E-state index contributed by atoms with van der Waals surface area (Å²) in [5, 5.41) is 20.5. The lowest BCUT2D eigenvalue weighted by atomic mass is 9.85. The molecule has 0 bridgehead atoms. The van der Waals surface area contributed by atoms with Gasteiger partial charge in [-0.25, -0.2) is 22.0 Å². The van der Waals surface area contributed by atoms with Gasteiger partial charge in [0.2, 0.25) is 0 Å². The summed E-state index contributed by atoms with van der Waals surface area (Å²) in [6.45, 7) is 0.210. The predicted molar refractivity (Wildman–Crippen MR) is 134 cm³/mol. The lowest BCUT2D eigenvalue weighted by Crippen LogP contribution is -2.50. The fourth-order valence-electron chi connectivity index (χ4n) is 6.00. The largest absolute Gasteiger partial charge is 0.390 e. The first-order valence-electron chi connectivity index (χ1n) is 13.0. The molecule has 3 atom stereocenters. The Balaban J connectivity index is 1.55. The lowest BCUT2D eigenvalue weighted by Gasteiger charge is -2.43. The van der Waals surface area contributed by atoms with Gasteiger partial charge in [-0.2, -0.15) is 0 Å². The molecule has 5 rings (SSSR count). The van der Waals surface area contributed by atoms with Crippen molar-refractivity contribution in [2.75, 3.05) is 39.5 Å². The fraction of sp³-hybridized carbons (Fsp3) is 0.500. The van der Waals surface area contributed by atoms with E-state index in [1.165, 1.54) is 17.0 Å². The first-order chi connectivity index (χ1) is 18.5. The molecule has 0 aliphatic carbocycles. The van der Waals surface area contributed by atoms with Crippen LogP contribution in [0.25, 0.3) is 10.9 Å². The molecule has 5 nitrogen and oxygen atoms in total. The molecule has 2 aliphatic heterocycles. The number of alkyl halides is 3. The molecule has 3 aromatic rings. The first kappa shape index (κ1) is 27.9. The van der Waals surface area contributed by atoms with Crippen molar-refractivity contribution >= 4 is 10.9 Å². The first-order valence-corrected chi connectivity index (χ1v) is 13.0. The molecule has 0 radical (unpaired) electrons. The molecule has 1 aromatic heterocycles. The highest BCUT2D eigenvalue weighted by molar-refractivity contribution is 5.86. The molecule has 11 heteroatoms. The van der Waals surface area contributed by atoms with E-state index < -0.39 is 67.0 Å². The van der Waals surface area contributed by atoms with Gasteiger partial charge in [0.15, 0.2) is 0 Å². The van der Waals surface area contributed by atoms with Crippen LogP contribution in [0.5, 0.6) is 0 Å². The third-order valence-corrected chi connectivity index (χ3v) is 8.00. The van der Waals surface area contributed by atoms with Crippen molar-refractivity contribution in [1.82, 2.24) is 14.8 Å². The van der Waals surface area contributed by atoms with E-state index in [2.05, 4.69) is 4.98 Å². The van der Waals surface area contributed by atoms with Crippen LogP contribution >= 0.6 is 0 Å². The van der Waals surface area contributed by atoms with Crippen LogP contribution in [0.4, 0.5) is 26.3 Å². The number of aromatic amines is 1. The molecular formula is C28H31F6N3O2. The summed E-state index contributed by atoms with van der Waals surface area (Å²) in [6.07, 6.45) is -0.578. The van der Waals surface area contributed by atoms with Crippen LogP contribution in [0.1, 0.15) is 47.9 Å². The number of para-hydroxylation sites is 1. The molecule has 0 unspecified atom stereocenters. The number of aliphatic hydroxyl groups excluding tert-OH is 2. The Kier molecular flexibility index (Phi) is 7.71. The highest BCUT2D eigenvalue weighted by Gasteiger charge is 2.44. The molecule has 0 amide bonds. The highest BCUT2D eigenvalue weighted by Crippen LogP contribution is 2.44. The Morgan fingerprint density at radius 2 is 1.79 bits per heavy atom. The maximum atomic E-state index is 15.8. The molecule has 39 heavy (non-hydrogen) atoms. The molecule has 0 spiro atoms. The average molecular weight is 556 g/mol. The summed E-state index contributed by atoms with van der Waals surface area (Å²) < 4.78 is 87.5. The molecule has 212 valence electrons. The van der Waals surface area contributed by atoms with Gasteiger partial charge in [-0.1, -0.05) is 12.1 Å². The zero-order chi connectivity index (χ0) is 28.1. The monoisotopic (exact) mass is 555 g/mol. The summed E-state index contributed by atoms with van der Waals surface area (Å²) >= 11 is 0. The van der Waals surface area contributed by atoms with Crippen molar-refractivity contribution in [1.29, 1.82) is 0 Å². The van der Waals surface area contributed by atoms with Gasteiger partial charge >= 0.3 is 0 Å². The Labute approximate surface area is 222 Å². The number of benzene rings is 2. The van der Waals surface area contributed by atoms with Crippen molar-refractivity contribution in [3.63, 3.8) is 0 Å². The van der Waals surface area contributed by atoms with E-state index in [4.69, 9.17) is 0 Å². The zero-order valence-electron chi connectivity index (χ0n) is 21.4. The van der Waals surface area contributed by atoms with E-state index in [0.29, 0.717) is 37.0 Å². The van der Waals surface area contributed by atoms with Crippen LogP contribution in [-0.2, 0) is 6.42 Å². The topological polar surface area (TPSA) is 62.7 Å². The van der Waals surface area contributed by atoms with Gasteiger partial charge in [-0.15, -0.1) is 0 Å². The van der Waals surface area contributed by atoms with Gasteiger partial charge in [-0.05, 0) is 49.1 Å². The quantitative estimate of drug-likeness (QED) is 0.330. The summed E-state index contributed by atoms with van der Waals surface area (Å²) in [6, 6.07) is 4.44. The van der Waals surface area contributed by atoms with Gasteiger partial charge in [0, 0.05) is 48.2 Å². The van der Waals surface area contributed by atoms with E-state index in [1.807, 2.05) is 4.90 Å². The van der Waals surface area contributed by atoms with Crippen molar-refractivity contribution in [2.45, 2.75) is 43.9 Å². The summed E-state index contributed by atoms with van der Waals surface area (Å²) in [5.41, 5.74) is 0.415. The smallest absolute Gasteiger partial charge is 0.283 e. The lowest BCUT2D eigenvalue weighted by molar-refractivity contribution is -0.0869. The number of nitrogens with zero attached hydrogens (tertiary/aromatic N) is 2. The van der Waals surface area contributed by atoms with Gasteiger partial charge in [-0.3, -0.25) is 9.29 Å². The molecule has 2 aromatic carbocycles. The number of H-pyrrole nitrogens is 1. The summed E-state index contributed by atoms with van der Waals surface area (Å²) in [5.74, 6) is -6.48. The van der Waals surface area contributed by atoms with Crippen LogP contribution in [-0.4, -0.2) is 76.4 Å². The number of aliphatic hydroxyl groups is 2. The SMILES string of the molecule is C[C@H]1Cc2c([nH]c3c(F)cccc23)[C@H](c2c(F)cc([C@H](O)C3CN(CCCF)C3)cc2F)N1CC(F)(F)CO. The van der Waals surface area contributed by atoms with Crippen LogP contribution in [0.2, 0.25) is 0 Å². The van der Waals surface area contributed by atoms with Gasteiger partial charge in [0.05, 0.1) is 30.9 Å². The fourth-order valence-corrected chi connectivity index (χ4v) is 6.00. The molecule has 0 saturated carbocycles. The number of hydrogen-bond acceptors (Lipinski definition) is 4. The average Bonchev–Trinajstić information content (AvgIpc) is 3.23. The standard InChI is InChI=1S/C28H31F6N3O2/c1-15-8-19-18-4-2-5-20(30)24(18)35-25(19)26(37(15)13-28(33,34)14-38)23-21(31)9-16(10-22(23)32)27(39)17-11-36(12-17)7-3-6-29/h2,4-5,9-10,15,17,26-27,35,38-39H,3,6-8,11-14H2,1H3/t15-,26-,27-/m0/s1. The summed E-state index contributed by atoms with van der Waals surface area (Å²) in [7, 11) is 0. The minimum absolute atomic E-state index is 0.0166. The number of halogens is 6. The van der Waals surface area contributed by atoms with E-state index in [9.17, 15) is 27.8 Å². The normalized spacial score (nSPS) is 21.8. The second kappa shape index (κ2) is 10.8. The molecule has 3 N–H and O–H groups in total. The maximum Gasteiger partial charge on any atom is 0.283 e. The number of likely N-dealkylation sites (tertiary alicyclic amines) is 1. The summed E-state index contributed by atoms with van der Waals surface area (Å²) in [4.78, 5) is 6.06. The number of nitrogens with one attached hydrogen (secondary N) is 1. The Hall–Kier alpha value is -2.60. The second-order valence-corrected chi connectivity index (χ2v) is 10.7. The number of fused-ring (bicyclic) bond motifs is 3. The minimum atomic E-state index is -3.55. The minimum Gasteiger partial charge on any atom is -0.390 e. The molecule has 3 heterocycles. The van der Waals surface area contributed by atoms with E-state index in [0.717, 1.165) is 12.1 Å². The Morgan fingerprint density at radius 3 is 2.44 bits per heavy atom. The van der Waals surface area contributed by atoms with Gasteiger partial charge in [0.25, 0.3) is 5.92 Å². The molecule has 1 saturated heterocycles. The zero-order valence-corrected chi connectivity index (χ0v) is 21.4. The Morgan fingerprint density at radius 1 is 1.10 bits per heavy atom. The van der Waals surface area contributed by atoms with Crippen LogP contribution in [0, 0.1) is 23.4 Å². The molecular weight excluding hydrogens is 524 g/mol. The number of hydrogen-bond donors (Lipinski definition) is 3. The van der Waals surface area contributed by atoms with E-state index in [1.54, 1.807) is 13.0 Å². The van der Waals surface area contributed by atoms with Gasteiger partial charge < -0.3 is 20.1 Å². The molecule has 2 aliphatic rings. The van der Waals surface area contributed by atoms with Crippen molar-refractivity contribution < 1.29 is 36.6 Å². The van der Waals surface area contributed by atoms with Crippen LogP contribution in [0.3, 0.4) is 0 Å². The van der Waals surface area contributed by atoms with E-state index in [-0.39, 0.29) is 29.1 Å². The third-order valence-electron chi connectivity index (χ3n) is 8.00. The third kappa shape index (κ3) is 5.17. The van der Waals surface area contributed by atoms with Crippen molar-refractivity contribution in [3.8, 4) is 0 Å². The van der Waals surface area contributed by atoms with E-state index >= 15 is 8.78 Å². The molecule has 1 fully saturated rings. The van der Waals surface area contributed by atoms with Crippen molar-refractivity contribution in [2.24, 2.45) is 5.92 Å². The Bertz CT molecular complexity index is 1320. The maximum absolute atomic E-state index is 15.8. The second-order valence-electron chi connectivity index (χ2n) is 10.7. The van der Waals surface area contributed by atoms with Crippen LogP contribution in [0.15, 0.2) is 30.3 Å².